The van der Waals surface area contributed by atoms with Crippen LogP contribution in [0.5, 0.6) is 0 Å². The third-order valence-corrected chi connectivity index (χ3v) is 6.38. The first kappa shape index (κ1) is 21.0. The number of nitrogens with two attached hydrogens (primary N) is 1. The van der Waals surface area contributed by atoms with E-state index in [0.29, 0.717) is 25.3 Å². The maximum atomic E-state index is 5.70. The minimum absolute atomic E-state index is 0. The number of nitrogen functional groups attached to an aromatic ring is 1. The molecule has 3 aliphatic rings. The molecule has 10 heteroatoms. The lowest BCUT2D eigenvalue weighted by Gasteiger charge is -2.42. The summed E-state index contributed by atoms with van der Waals surface area (Å²) >= 11 is 0. The van der Waals surface area contributed by atoms with Crippen LogP contribution in [0.25, 0.3) is 11.3 Å². The molecule has 2 aromatic rings. The highest BCUT2D eigenvalue weighted by atomic mass is 35.5. The predicted molar refractivity (Wildman–Crippen MR) is 119 cm³/mol. The summed E-state index contributed by atoms with van der Waals surface area (Å²) in [5.74, 6) is 2.11. The summed E-state index contributed by atoms with van der Waals surface area (Å²) in [4.78, 5) is 23.2. The molecule has 9 nitrogen and oxygen atoms in total. The summed E-state index contributed by atoms with van der Waals surface area (Å²) in [7, 11) is 2.04. The Kier molecular flexibility index (Phi) is 5.95. The molecule has 2 aromatic heterocycles. The van der Waals surface area contributed by atoms with Crippen molar-refractivity contribution in [3.63, 3.8) is 0 Å². The summed E-state index contributed by atoms with van der Waals surface area (Å²) in [6, 6.07) is 1.38. The first-order chi connectivity index (χ1) is 14.1. The number of hydrogen-bond acceptors (Lipinski definition) is 9. The van der Waals surface area contributed by atoms with Crippen LogP contribution in [0, 0.1) is 0 Å². The lowest BCUT2D eigenvalue weighted by Crippen LogP contribution is -2.51. The molecule has 0 unspecified atom stereocenters. The molecule has 0 amide bonds. The first-order valence-electron chi connectivity index (χ1n) is 10.4. The van der Waals surface area contributed by atoms with Crippen LogP contribution in [0.2, 0.25) is 0 Å². The number of hydrogen-bond donors (Lipinski definition) is 2. The molecule has 2 fully saturated rings. The summed E-state index contributed by atoms with van der Waals surface area (Å²) < 4.78 is 5.62. The molecule has 1 saturated carbocycles. The van der Waals surface area contributed by atoms with Gasteiger partial charge in [-0.05, 0) is 33.2 Å². The number of rotatable bonds is 4. The maximum Gasteiger partial charge on any atom is 0.228 e. The summed E-state index contributed by atoms with van der Waals surface area (Å²) in [5.41, 5.74) is 8.71. The van der Waals surface area contributed by atoms with E-state index in [1.165, 1.54) is 5.56 Å². The molecule has 30 heavy (non-hydrogen) atoms. The number of anilines is 3. The van der Waals surface area contributed by atoms with E-state index >= 15 is 0 Å². The second-order valence-corrected chi connectivity index (χ2v) is 8.18. The Hall–Kier alpha value is -2.23. The largest absolute Gasteiger partial charge is 0.377 e. The van der Waals surface area contributed by atoms with E-state index < -0.39 is 0 Å². The number of halogens is 1. The standard InChI is InChI=1S/C20H28N8O.ClH/c1-12-11-29-6-5-27(12)20-25-17(13-9-23-19(21)24-10-13)16-3-4-28(18(16)26-20)15-7-14(8-15)22-2;/h9-10,12,14-15,22H,3-8,11H2,1-2H3,(H2,21,23,24);1H/t12-,14-,15-;/m0./s1. The van der Waals surface area contributed by atoms with Crippen LogP contribution in [-0.4, -0.2) is 71.4 Å². The molecule has 0 spiro atoms. The Morgan fingerprint density at radius 2 is 1.90 bits per heavy atom. The van der Waals surface area contributed by atoms with Crippen molar-refractivity contribution in [3.05, 3.63) is 18.0 Å². The van der Waals surface area contributed by atoms with Crippen molar-refractivity contribution < 1.29 is 4.74 Å². The predicted octanol–water partition coefficient (Wildman–Crippen LogP) is 1.28. The van der Waals surface area contributed by atoms with Crippen LogP contribution in [-0.2, 0) is 11.2 Å². The molecule has 5 rings (SSSR count). The number of nitrogens with zero attached hydrogens (tertiary/aromatic N) is 6. The van der Waals surface area contributed by atoms with Gasteiger partial charge in [-0.2, -0.15) is 4.98 Å². The van der Waals surface area contributed by atoms with Crippen molar-refractivity contribution in [2.75, 3.05) is 48.9 Å². The molecular weight excluding hydrogens is 404 g/mol. The molecule has 0 aromatic carbocycles. The minimum Gasteiger partial charge on any atom is -0.377 e. The first-order valence-corrected chi connectivity index (χ1v) is 10.4. The molecular formula is C20H29ClN8O. The van der Waals surface area contributed by atoms with Gasteiger partial charge >= 0.3 is 0 Å². The molecule has 1 saturated heterocycles. The van der Waals surface area contributed by atoms with Crippen LogP contribution in [0.3, 0.4) is 0 Å². The van der Waals surface area contributed by atoms with Crippen molar-refractivity contribution >= 4 is 30.1 Å². The minimum atomic E-state index is 0. The van der Waals surface area contributed by atoms with Gasteiger partial charge in [0.1, 0.15) is 5.82 Å². The van der Waals surface area contributed by atoms with Gasteiger partial charge in [0.05, 0.1) is 24.9 Å². The van der Waals surface area contributed by atoms with E-state index in [-0.39, 0.29) is 24.4 Å². The molecule has 3 N–H and O–H groups in total. The van der Waals surface area contributed by atoms with Gasteiger partial charge in [0.25, 0.3) is 0 Å². The molecule has 0 bridgehead atoms. The number of morpholine rings is 1. The summed E-state index contributed by atoms with van der Waals surface area (Å²) in [6.45, 7) is 5.32. The van der Waals surface area contributed by atoms with Gasteiger partial charge < -0.3 is 25.6 Å². The highest BCUT2D eigenvalue weighted by molar-refractivity contribution is 5.85. The van der Waals surface area contributed by atoms with Crippen molar-refractivity contribution in [2.24, 2.45) is 0 Å². The average molecular weight is 433 g/mol. The van der Waals surface area contributed by atoms with E-state index in [2.05, 4.69) is 32.0 Å². The zero-order chi connectivity index (χ0) is 20.0. The quantitative estimate of drug-likeness (QED) is 0.738. The summed E-state index contributed by atoms with van der Waals surface area (Å²) in [6.07, 6.45) is 6.78. The van der Waals surface area contributed by atoms with Gasteiger partial charge in [-0.1, -0.05) is 0 Å². The average Bonchev–Trinajstić information content (AvgIpc) is 3.11. The zero-order valence-electron chi connectivity index (χ0n) is 17.4. The number of fused-ring (bicyclic) bond motifs is 1. The van der Waals surface area contributed by atoms with Crippen molar-refractivity contribution in [2.45, 2.75) is 44.3 Å². The highest BCUT2D eigenvalue weighted by Gasteiger charge is 2.38. The smallest absolute Gasteiger partial charge is 0.228 e. The fourth-order valence-corrected chi connectivity index (χ4v) is 4.55. The third kappa shape index (κ3) is 3.66. The summed E-state index contributed by atoms with van der Waals surface area (Å²) in [5, 5.41) is 3.38. The molecule has 2 aliphatic heterocycles. The number of nitrogens with one attached hydrogen (secondary N) is 1. The maximum absolute atomic E-state index is 5.70. The van der Waals surface area contributed by atoms with E-state index in [1.807, 2.05) is 7.05 Å². The molecule has 1 atom stereocenters. The van der Waals surface area contributed by atoms with Gasteiger partial charge in [-0.25, -0.2) is 15.0 Å². The van der Waals surface area contributed by atoms with Crippen LogP contribution in [0.4, 0.5) is 17.7 Å². The van der Waals surface area contributed by atoms with Crippen LogP contribution >= 0.6 is 12.4 Å². The van der Waals surface area contributed by atoms with E-state index in [9.17, 15) is 0 Å². The van der Waals surface area contributed by atoms with E-state index in [4.69, 9.17) is 20.4 Å². The highest BCUT2D eigenvalue weighted by Crippen LogP contribution is 2.40. The SMILES string of the molecule is CN[C@H]1C[C@H](N2CCc3c(-c4cnc(N)nc4)nc(N4CCOC[C@@H]4C)nc32)C1.Cl. The van der Waals surface area contributed by atoms with Crippen LogP contribution in [0.15, 0.2) is 12.4 Å². The van der Waals surface area contributed by atoms with Gasteiger partial charge in [-0.3, -0.25) is 0 Å². The fraction of sp³-hybridized carbons (Fsp3) is 0.600. The fourth-order valence-electron chi connectivity index (χ4n) is 4.55. The Bertz CT molecular complexity index is 889. The van der Waals surface area contributed by atoms with E-state index in [0.717, 1.165) is 55.4 Å². The van der Waals surface area contributed by atoms with Gasteiger partial charge in [0, 0.05) is 48.7 Å². The van der Waals surface area contributed by atoms with Crippen molar-refractivity contribution in [3.8, 4) is 11.3 Å². The number of ether oxygens (including phenoxy) is 1. The topological polar surface area (TPSA) is 105 Å². The van der Waals surface area contributed by atoms with Crippen LogP contribution in [0.1, 0.15) is 25.3 Å². The normalized spacial score (nSPS) is 25.5. The monoisotopic (exact) mass is 432 g/mol. The van der Waals surface area contributed by atoms with Gasteiger partial charge in [0.2, 0.25) is 11.9 Å². The second kappa shape index (κ2) is 8.49. The number of aromatic nitrogens is 4. The Morgan fingerprint density at radius 1 is 1.13 bits per heavy atom. The van der Waals surface area contributed by atoms with E-state index in [1.54, 1.807) is 12.4 Å². The van der Waals surface area contributed by atoms with Crippen LogP contribution < -0.4 is 20.9 Å². The molecule has 4 heterocycles. The van der Waals surface area contributed by atoms with Crippen molar-refractivity contribution in [1.29, 1.82) is 0 Å². The molecule has 1 aliphatic carbocycles. The van der Waals surface area contributed by atoms with Crippen molar-refractivity contribution in [1.82, 2.24) is 25.3 Å². The zero-order valence-corrected chi connectivity index (χ0v) is 18.2. The van der Waals surface area contributed by atoms with Gasteiger partial charge in [-0.15, -0.1) is 12.4 Å². The molecule has 0 radical (unpaired) electrons. The lowest BCUT2D eigenvalue weighted by molar-refractivity contribution is 0.0981. The lowest BCUT2D eigenvalue weighted by atomic mass is 9.86. The Morgan fingerprint density at radius 3 is 2.60 bits per heavy atom. The Balaban J connectivity index is 0.00000218. The Labute approximate surface area is 182 Å². The molecule has 162 valence electrons. The second-order valence-electron chi connectivity index (χ2n) is 8.18. The van der Waals surface area contributed by atoms with Gasteiger partial charge in [0.15, 0.2) is 0 Å². The third-order valence-electron chi connectivity index (χ3n) is 6.38.